The zero-order valence-corrected chi connectivity index (χ0v) is 21.5. The van der Waals surface area contributed by atoms with Crippen LogP contribution in [0.3, 0.4) is 0 Å². The van der Waals surface area contributed by atoms with Crippen molar-refractivity contribution in [3.8, 4) is 5.75 Å². The number of nitrogens with one attached hydrogen (secondary N) is 2. The number of hydrogen-bond donors (Lipinski definition) is 2. The van der Waals surface area contributed by atoms with E-state index in [1.165, 1.54) is 0 Å². The van der Waals surface area contributed by atoms with Crippen molar-refractivity contribution in [1.82, 2.24) is 10.2 Å². The molecule has 7 nitrogen and oxygen atoms in total. The van der Waals surface area contributed by atoms with Crippen LogP contribution in [0, 0.1) is 0 Å². The summed E-state index contributed by atoms with van der Waals surface area (Å²) < 4.78 is 5.25. The topological polar surface area (TPSA) is 73.9 Å². The molecule has 186 valence electrons. The molecule has 1 fully saturated rings. The van der Waals surface area contributed by atoms with E-state index in [2.05, 4.69) is 10.6 Å². The zero-order chi connectivity index (χ0) is 25.7. The van der Waals surface area contributed by atoms with E-state index in [0.717, 1.165) is 22.6 Å². The Morgan fingerprint density at radius 1 is 1.03 bits per heavy atom. The van der Waals surface area contributed by atoms with Crippen molar-refractivity contribution in [3.05, 3.63) is 90.0 Å². The van der Waals surface area contributed by atoms with E-state index in [1.807, 2.05) is 103 Å². The van der Waals surface area contributed by atoms with E-state index in [1.54, 1.807) is 7.11 Å². The number of thiocarbonyl (C=S) groups is 1. The van der Waals surface area contributed by atoms with E-state index in [4.69, 9.17) is 17.0 Å². The Bertz CT molecular complexity index is 1230. The van der Waals surface area contributed by atoms with E-state index in [0.29, 0.717) is 23.8 Å². The van der Waals surface area contributed by atoms with Gasteiger partial charge in [0.25, 0.3) is 5.91 Å². The van der Waals surface area contributed by atoms with Crippen molar-refractivity contribution in [2.45, 2.75) is 18.4 Å². The quantitative estimate of drug-likeness (QED) is 0.432. The van der Waals surface area contributed by atoms with Gasteiger partial charge in [0.1, 0.15) is 5.75 Å². The standard InChI is InChI=1S/C28H30N4O3S/c1-31(2)23-13-11-22(12-14-23)29-25(33)19-28(21-7-5-4-6-8-21)26(34)30-27(36)32(28)18-17-20-9-15-24(35-3)16-10-20/h4-16H,17-19H2,1-3H3,(H,29,33)(H,30,34,36). The Labute approximate surface area is 217 Å². The van der Waals surface area contributed by atoms with Gasteiger partial charge in [0.05, 0.1) is 13.5 Å². The molecule has 0 bridgehead atoms. The molecule has 1 unspecified atom stereocenters. The highest BCUT2D eigenvalue weighted by atomic mass is 32.1. The van der Waals surface area contributed by atoms with Crippen LogP contribution in [0.4, 0.5) is 11.4 Å². The molecule has 2 N–H and O–H groups in total. The van der Waals surface area contributed by atoms with Gasteiger partial charge in [0.2, 0.25) is 5.91 Å². The number of methoxy groups -OCH3 is 1. The fraction of sp³-hybridized carbons (Fsp3) is 0.250. The lowest BCUT2D eigenvalue weighted by molar-refractivity contribution is -0.131. The summed E-state index contributed by atoms with van der Waals surface area (Å²) in [6.45, 7) is 0.462. The second kappa shape index (κ2) is 10.8. The lowest BCUT2D eigenvalue weighted by Crippen LogP contribution is -2.50. The lowest BCUT2D eigenvalue weighted by Gasteiger charge is -2.36. The minimum absolute atomic E-state index is 0.0823. The molecule has 1 aliphatic rings. The molecule has 8 heteroatoms. The van der Waals surface area contributed by atoms with Crippen LogP contribution in [0.1, 0.15) is 17.5 Å². The normalized spacial score (nSPS) is 17.0. The van der Waals surface area contributed by atoms with Gasteiger partial charge in [-0.05, 0) is 66.2 Å². The first-order valence-corrected chi connectivity index (χ1v) is 12.1. The number of rotatable bonds is 9. The SMILES string of the molecule is COc1ccc(CCN2C(=S)NC(=O)C2(CC(=O)Nc2ccc(N(C)C)cc2)c2ccccc2)cc1. The average molecular weight is 503 g/mol. The van der Waals surface area contributed by atoms with Crippen molar-refractivity contribution in [3.63, 3.8) is 0 Å². The Morgan fingerprint density at radius 2 is 1.69 bits per heavy atom. The number of benzene rings is 3. The van der Waals surface area contributed by atoms with Gasteiger partial charge in [-0.1, -0.05) is 42.5 Å². The zero-order valence-electron chi connectivity index (χ0n) is 20.7. The molecular weight excluding hydrogens is 472 g/mol. The van der Waals surface area contributed by atoms with Gasteiger partial charge in [-0.15, -0.1) is 0 Å². The summed E-state index contributed by atoms with van der Waals surface area (Å²) in [5, 5.41) is 6.08. The van der Waals surface area contributed by atoms with Crippen LogP contribution >= 0.6 is 12.2 Å². The smallest absolute Gasteiger partial charge is 0.257 e. The summed E-state index contributed by atoms with van der Waals surface area (Å²) in [4.78, 5) is 30.6. The molecule has 4 rings (SSSR count). The second-order valence-corrected chi connectivity index (χ2v) is 9.29. The van der Waals surface area contributed by atoms with Gasteiger partial charge in [0, 0.05) is 32.0 Å². The Hall–Kier alpha value is -3.91. The second-order valence-electron chi connectivity index (χ2n) is 8.90. The summed E-state index contributed by atoms with van der Waals surface area (Å²) in [6, 6.07) is 24.7. The number of hydrogen-bond acceptors (Lipinski definition) is 5. The monoisotopic (exact) mass is 502 g/mol. The van der Waals surface area contributed by atoms with Crippen LogP contribution in [0.15, 0.2) is 78.9 Å². The number of carbonyl (C=O) groups is 2. The molecular formula is C28H30N4O3S. The van der Waals surface area contributed by atoms with E-state index >= 15 is 0 Å². The maximum Gasteiger partial charge on any atom is 0.257 e. The molecule has 1 heterocycles. The predicted molar refractivity (Wildman–Crippen MR) is 146 cm³/mol. The maximum atomic E-state index is 13.5. The third kappa shape index (κ3) is 5.18. The molecule has 1 saturated heterocycles. The van der Waals surface area contributed by atoms with Crippen LogP contribution < -0.4 is 20.3 Å². The Balaban J connectivity index is 1.61. The van der Waals surface area contributed by atoms with Gasteiger partial charge < -0.3 is 25.2 Å². The fourth-order valence-electron chi connectivity index (χ4n) is 4.45. The predicted octanol–water partition coefficient (Wildman–Crippen LogP) is 3.94. The summed E-state index contributed by atoms with van der Waals surface area (Å²) >= 11 is 5.58. The third-order valence-electron chi connectivity index (χ3n) is 6.42. The summed E-state index contributed by atoms with van der Waals surface area (Å²) in [5.41, 5.74) is 2.23. The van der Waals surface area contributed by atoms with Crippen molar-refractivity contribution >= 4 is 40.5 Å². The highest BCUT2D eigenvalue weighted by Crippen LogP contribution is 2.37. The van der Waals surface area contributed by atoms with E-state index < -0.39 is 5.54 Å². The summed E-state index contributed by atoms with van der Waals surface area (Å²) in [7, 11) is 5.55. The van der Waals surface area contributed by atoms with Crippen molar-refractivity contribution in [2.75, 3.05) is 38.0 Å². The molecule has 0 radical (unpaired) electrons. The minimum atomic E-state index is -1.25. The van der Waals surface area contributed by atoms with Crippen molar-refractivity contribution < 1.29 is 14.3 Å². The molecule has 0 spiro atoms. The van der Waals surface area contributed by atoms with Crippen LogP contribution in [-0.4, -0.2) is 49.6 Å². The van der Waals surface area contributed by atoms with Crippen LogP contribution in [0.25, 0.3) is 0 Å². The highest BCUT2D eigenvalue weighted by Gasteiger charge is 2.53. The number of carbonyl (C=O) groups excluding carboxylic acids is 2. The first kappa shape index (κ1) is 25.2. The Morgan fingerprint density at radius 3 is 2.31 bits per heavy atom. The summed E-state index contributed by atoms with van der Waals surface area (Å²) in [6.07, 6.45) is 0.558. The fourth-order valence-corrected chi connectivity index (χ4v) is 4.79. The van der Waals surface area contributed by atoms with Gasteiger partial charge >= 0.3 is 0 Å². The van der Waals surface area contributed by atoms with Crippen LogP contribution in [-0.2, 0) is 21.5 Å². The molecule has 2 amide bonds. The molecule has 1 atom stereocenters. The molecule has 1 aliphatic heterocycles. The van der Waals surface area contributed by atoms with Crippen LogP contribution in [0.5, 0.6) is 5.75 Å². The lowest BCUT2D eigenvalue weighted by atomic mass is 9.84. The molecule has 3 aromatic rings. The van der Waals surface area contributed by atoms with Crippen LogP contribution in [0.2, 0.25) is 0 Å². The van der Waals surface area contributed by atoms with Gasteiger partial charge in [-0.3, -0.25) is 9.59 Å². The molecule has 0 saturated carbocycles. The first-order chi connectivity index (χ1) is 17.3. The molecule has 36 heavy (non-hydrogen) atoms. The maximum absolute atomic E-state index is 13.5. The molecule has 0 aromatic heterocycles. The average Bonchev–Trinajstić information content (AvgIpc) is 3.12. The van der Waals surface area contributed by atoms with Gasteiger partial charge in [0.15, 0.2) is 10.7 Å². The van der Waals surface area contributed by atoms with Gasteiger partial charge in [-0.25, -0.2) is 0 Å². The minimum Gasteiger partial charge on any atom is -0.497 e. The van der Waals surface area contributed by atoms with E-state index in [9.17, 15) is 9.59 Å². The van der Waals surface area contributed by atoms with E-state index in [-0.39, 0.29) is 18.2 Å². The highest BCUT2D eigenvalue weighted by molar-refractivity contribution is 7.80. The Kier molecular flexibility index (Phi) is 7.55. The molecule has 0 aliphatic carbocycles. The number of anilines is 2. The van der Waals surface area contributed by atoms with Crippen molar-refractivity contribution in [2.24, 2.45) is 0 Å². The van der Waals surface area contributed by atoms with Gasteiger partial charge in [-0.2, -0.15) is 0 Å². The number of amides is 2. The van der Waals surface area contributed by atoms with Crippen molar-refractivity contribution in [1.29, 1.82) is 0 Å². The summed E-state index contributed by atoms with van der Waals surface area (Å²) in [5.74, 6) is 0.207. The third-order valence-corrected chi connectivity index (χ3v) is 6.74. The molecule has 3 aromatic carbocycles. The largest absolute Gasteiger partial charge is 0.497 e. The number of ether oxygens (including phenoxy) is 1. The first-order valence-electron chi connectivity index (χ1n) is 11.7. The number of nitrogens with zero attached hydrogens (tertiary/aromatic N) is 2.